The SMILES string of the molecule is C=CCn1c(C)cc(C(=O)CN2C(=O)NC(CC)(CC)C2=O)c1C. The van der Waals surface area contributed by atoms with Gasteiger partial charge >= 0.3 is 6.03 Å². The number of ketones is 1. The summed E-state index contributed by atoms with van der Waals surface area (Å²) in [6.45, 7) is 11.6. The lowest BCUT2D eigenvalue weighted by Gasteiger charge is -2.22. The summed E-state index contributed by atoms with van der Waals surface area (Å²) < 4.78 is 1.98. The Labute approximate surface area is 142 Å². The number of nitrogens with zero attached hydrogens (tertiary/aromatic N) is 2. The number of hydrogen-bond acceptors (Lipinski definition) is 3. The Hall–Kier alpha value is -2.37. The lowest BCUT2D eigenvalue weighted by atomic mass is 9.93. The minimum atomic E-state index is -0.878. The molecule has 0 radical (unpaired) electrons. The van der Waals surface area contributed by atoms with Crippen molar-refractivity contribution >= 4 is 17.7 Å². The normalized spacial score (nSPS) is 16.4. The number of imide groups is 1. The second kappa shape index (κ2) is 6.63. The second-order valence-corrected chi connectivity index (χ2v) is 6.22. The van der Waals surface area contributed by atoms with E-state index in [1.807, 2.05) is 32.3 Å². The molecule has 24 heavy (non-hydrogen) atoms. The Balaban J connectivity index is 2.24. The van der Waals surface area contributed by atoms with Crippen LogP contribution in [-0.4, -0.2) is 39.3 Å². The van der Waals surface area contributed by atoms with Crippen molar-refractivity contribution in [3.63, 3.8) is 0 Å². The van der Waals surface area contributed by atoms with E-state index in [0.29, 0.717) is 24.9 Å². The van der Waals surface area contributed by atoms with Crippen molar-refractivity contribution in [1.29, 1.82) is 0 Å². The highest BCUT2D eigenvalue weighted by Gasteiger charge is 2.49. The molecule has 0 bridgehead atoms. The number of amides is 3. The number of rotatable bonds is 7. The van der Waals surface area contributed by atoms with Crippen molar-refractivity contribution in [2.24, 2.45) is 0 Å². The van der Waals surface area contributed by atoms with Gasteiger partial charge in [-0.2, -0.15) is 0 Å². The van der Waals surface area contributed by atoms with Crippen LogP contribution in [-0.2, 0) is 11.3 Å². The maximum absolute atomic E-state index is 12.7. The molecule has 2 rings (SSSR count). The molecule has 2 heterocycles. The number of allylic oxidation sites excluding steroid dienone is 1. The van der Waals surface area contributed by atoms with Gasteiger partial charge in [-0.05, 0) is 32.8 Å². The van der Waals surface area contributed by atoms with Crippen LogP contribution < -0.4 is 5.32 Å². The van der Waals surface area contributed by atoms with Gasteiger partial charge in [0.1, 0.15) is 5.54 Å². The molecule has 1 aromatic heterocycles. The third-order valence-corrected chi connectivity index (χ3v) is 4.94. The largest absolute Gasteiger partial charge is 0.345 e. The number of nitrogens with one attached hydrogen (secondary N) is 1. The fraction of sp³-hybridized carbons (Fsp3) is 0.500. The van der Waals surface area contributed by atoms with Crippen LogP contribution in [0.5, 0.6) is 0 Å². The lowest BCUT2D eigenvalue weighted by Crippen LogP contribution is -2.46. The monoisotopic (exact) mass is 331 g/mol. The fourth-order valence-corrected chi connectivity index (χ4v) is 3.27. The van der Waals surface area contributed by atoms with Crippen LogP contribution in [0.1, 0.15) is 48.4 Å². The van der Waals surface area contributed by atoms with E-state index in [9.17, 15) is 14.4 Å². The average Bonchev–Trinajstić information content (AvgIpc) is 2.97. The predicted molar refractivity (Wildman–Crippen MR) is 92.0 cm³/mol. The van der Waals surface area contributed by atoms with E-state index in [-0.39, 0.29) is 18.2 Å². The topological polar surface area (TPSA) is 71.4 Å². The third kappa shape index (κ3) is 2.77. The Morgan fingerprint density at radius 2 is 1.92 bits per heavy atom. The quantitative estimate of drug-likeness (QED) is 0.474. The van der Waals surface area contributed by atoms with Gasteiger partial charge in [0.15, 0.2) is 5.78 Å². The number of hydrogen-bond donors (Lipinski definition) is 1. The summed E-state index contributed by atoms with van der Waals surface area (Å²) in [5.41, 5.74) is 1.43. The smallest absolute Gasteiger partial charge is 0.325 e. The van der Waals surface area contributed by atoms with E-state index in [1.165, 1.54) is 0 Å². The van der Waals surface area contributed by atoms with Gasteiger partial charge in [-0.15, -0.1) is 6.58 Å². The fourth-order valence-electron chi connectivity index (χ4n) is 3.27. The Morgan fingerprint density at radius 1 is 1.29 bits per heavy atom. The van der Waals surface area contributed by atoms with Gasteiger partial charge in [0.2, 0.25) is 0 Å². The van der Waals surface area contributed by atoms with Crippen molar-refractivity contribution in [3.05, 3.63) is 35.7 Å². The van der Waals surface area contributed by atoms with Gasteiger partial charge in [-0.3, -0.25) is 14.5 Å². The molecular formula is C18H25N3O3. The Kier molecular flexibility index (Phi) is 4.96. The molecular weight excluding hydrogens is 306 g/mol. The molecule has 1 aliphatic rings. The molecule has 6 heteroatoms. The first-order chi connectivity index (χ1) is 11.3. The highest BCUT2D eigenvalue weighted by Crippen LogP contribution is 2.25. The Morgan fingerprint density at radius 3 is 2.42 bits per heavy atom. The van der Waals surface area contributed by atoms with E-state index in [4.69, 9.17) is 0 Å². The zero-order valence-corrected chi connectivity index (χ0v) is 14.8. The van der Waals surface area contributed by atoms with Crippen LogP contribution in [0, 0.1) is 13.8 Å². The summed E-state index contributed by atoms with van der Waals surface area (Å²) in [5, 5.41) is 2.74. The van der Waals surface area contributed by atoms with Crippen LogP contribution in [0.15, 0.2) is 18.7 Å². The van der Waals surface area contributed by atoms with E-state index >= 15 is 0 Å². The molecule has 0 atom stereocenters. The molecule has 1 aromatic rings. The number of carbonyl (C=O) groups is 3. The van der Waals surface area contributed by atoms with Gasteiger partial charge < -0.3 is 9.88 Å². The molecule has 0 aromatic carbocycles. The number of aromatic nitrogens is 1. The van der Waals surface area contributed by atoms with Gasteiger partial charge in [0.25, 0.3) is 5.91 Å². The number of aryl methyl sites for hydroxylation is 1. The predicted octanol–water partition coefficient (Wildman–Crippen LogP) is 2.58. The first kappa shape index (κ1) is 18.0. The average molecular weight is 331 g/mol. The van der Waals surface area contributed by atoms with Crippen molar-refractivity contribution < 1.29 is 14.4 Å². The van der Waals surface area contributed by atoms with Crippen LogP contribution in [0.3, 0.4) is 0 Å². The first-order valence-electron chi connectivity index (χ1n) is 8.26. The summed E-state index contributed by atoms with van der Waals surface area (Å²) >= 11 is 0. The van der Waals surface area contributed by atoms with Gasteiger partial charge in [0, 0.05) is 23.5 Å². The maximum atomic E-state index is 12.7. The van der Waals surface area contributed by atoms with Crippen LogP contribution >= 0.6 is 0 Å². The van der Waals surface area contributed by atoms with E-state index in [0.717, 1.165) is 16.3 Å². The molecule has 3 amide bonds. The molecule has 130 valence electrons. The number of urea groups is 1. The maximum Gasteiger partial charge on any atom is 0.325 e. The minimum absolute atomic E-state index is 0.231. The molecule has 0 aliphatic carbocycles. The zero-order chi connectivity index (χ0) is 18.1. The molecule has 0 spiro atoms. The number of carbonyl (C=O) groups excluding carboxylic acids is 3. The number of Topliss-reactive ketones (excluding diaryl/α,β-unsaturated/α-hetero) is 1. The van der Waals surface area contributed by atoms with E-state index in [2.05, 4.69) is 11.9 Å². The van der Waals surface area contributed by atoms with Crippen molar-refractivity contribution in [1.82, 2.24) is 14.8 Å². The van der Waals surface area contributed by atoms with Crippen LogP contribution in [0.2, 0.25) is 0 Å². The molecule has 1 fully saturated rings. The highest BCUT2D eigenvalue weighted by molar-refractivity contribution is 6.11. The first-order valence-corrected chi connectivity index (χ1v) is 8.26. The van der Waals surface area contributed by atoms with Crippen LogP contribution in [0.4, 0.5) is 4.79 Å². The molecule has 1 aliphatic heterocycles. The molecule has 1 saturated heterocycles. The third-order valence-electron chi connectivity index (χ3n) is 4.94. The van der Waals surface area contributed by atoms with Gasteiger partial charge in [-0.1, -0.05) is 19.9 Å². The highest BCUT2D eigenvalue weighted by atomic mass is 16.2. The minimum Gasteiger partial charge on any atom is -0.345 e. The van der Waals surface area contributed by atoms with Crippen molar-refractivity contribution in [2.75, 3.05) is 6.54 Å². The summed E-state index contributed by atoms with van der Waals surface area (Å²) in [4.78, 5) is 38.5. The zero-order valence-electron chi connectivity index (χ0n) is 14.8. The lowest BCUT2D eigenvalue weighted by molar-refractivity contribution is -0.131. The molecule has 0 saturated carbocycles. The summed E-state index contributed by atoms with van der Waals surface area (Å²) in [5.74, 6) is -0.546. The second-order valence-electron chi connectivity index (χ2n) is 6.22. The summed E-state index contributed by atoms with van der Waals surface area (Å²) in [7, 11) is 0. The van der Waals surface area contributed by atoms with Crippen molar-refractivity contribution in [3.8, 4) is 0 Å². The molecule has 1 N–H and O–H groups in total. The van der Waals surface area contributed by atoms with Crippen molar-refractivity contribution in [2.45, 2.75) is 52.6 Å². The molecule has 0 unspecified atom stereocenters. The summed E-state index contributed by atoms with van der Waals surface area (Å²) in [6.07, 6.45) is 2.78. The molecule has 6 nitrogen and oxygen atoms in total. The standard InChI is InChI=1S/C18H25N3O3/c1-6-9-20-12(4)10-14(13(20)5)15(22)11-21-16(23)18(7-2,8-3)19-17(21)24/h6,10H,1,7-9,11H2,2-5H3,(H,19,24). The van der Waals surface area contributed by atoms with E-state index in [1.54, 1.807) is 12.1 Å². The summed E-state index contributed by atoms with van der Waals surface area (Å²) in [6, 6.07) is 1.31. The Bertz CT molecular complexity index is 699. The van der Waals surface area contributed by atoms with E-state index < -0.39 is 11.6 Å². The van der Waals surface area contributed by atoms with Gasteiger partial charge in [0.05, 0.1) is 6.54 Å². The van der Waals surface area contributed by atoms with Gasteiger partial charge in [-0.25, -0.2) is 4.79 Å². The van der Waals surface area contributed by atoms with Crippen LogP contribution in [0.25, 0.3) is 0 Å².